The van der Waals surface area contributed by atoms with E-state index in [4.69, 9.17) is 5.73 Å². The van der Waals surface area contributed by atoms with Gasteiger partial charge in [0.15, 0.2) is 0 Å². The van der Waals surface area contributed by atoms with Gasteiger partial charge in [0.2, 0.25) is 17.7 Å². The van der Waals surface area contributed by atoms with E-state index < -0.39 is 5.91 Å². The number of rotatable bonds is 2. The highest BCUT2D eigenvalue weighted by molar-refractivity contribution is 5.92. The van der Waals surface area contributed by atoms with Crippen molar-refractivity contribution in [3.63, 3.8) is 0 Å². The van der Waals surface area contributed by atoms with Crippen molar-refractivity contribution in [2.45, 2.75) is 19.0 Å². The topological polar surface area (TPSA) is 83.7 Å². The Balaban J connectivity index is 2.14. The third-order valence-electron chi connectivity index (χ3n) is 2.61. The second-order valence-corrected chi connectivity index (χ2v) is 3.53. The Hall–Kier alpha value is -1.59. The standard InChI is InChI=1S/C8H11N3O3/c9-5(12)3-10-6-1-2-7(13)11(6)4-8(10)14/h6H,1-4H2,(H2,9,12)/t6-/m0/s1. The molecule has 6 nitrogen and oxygen atoms in total. The molecule has 2 saturated heterocycles. The van der Waals surface area contributed by atoms with E-state index in [0.29, 0.717) is 12.8 Å². The van der Waals surface area contributed by atoms with Crippen LogP contribution >= 0.6 is 0 Å². The van der Waals surface area contributed by atoms with Crippen LogP contribution in [-0.2, 0) is 14.4 Å². The lowest BCUT2D eigenvalue weighted by molar-refractivity contribution is -0.132. The lowest BCUT2D eigenvalue weighted by Gasteiger charge is -2.22. The lowest BCUT2D eigenvalue weighted by atomic mass is 10.3. The lowest BCUT2D eigenvalue weighted by Crippen LogP contribution is -2.41. The van der Waals surface area contributed by atoms with Gasteiger partial charge in [0.25, 0.3) is 0 Å². The minimum absolute atomic E-state index is 0.0182. The summed E-state index contributed by atoms with van der Waals surface area (Å²) in [6.07, 6.45) is 0.827. The van der Waals surface area contributed by atoms with Crippen LogP contribution in [0.2, 0.25) is 0 Å². The normalized spacial score (nSPS) is 25.9. The zero-order valence-corrected chi connectivity index (χ0v) is 7.60. The number of nitrogens with two attached hydrogens (primary N) is 1. The smallest absolute Gasteiger partial charge is 0.244 e. The molecule has 2 rings (SSSR count). The number of amides is 3. The van der Waals surface area contributed by atoms with Crippen LogP contribution in [0, 0.1) is 0 Å². The van der Waals surface area contributed by atoms with E-state index in [1.807, 2.05) is 0 Å². The second kappa shape index (κ2) is 2.97. The van der Waals surface area contributed by atoms with Crippen LogP contribution in [-0.4, -0.2) is 46.8 Å². The minimum Gasteiger partial charge on any atom is -0.368 e. The number of carbonyl (C=O) groups excluding carboxylic acids is 3. The zero-order chi connectivity index (χ0) is 10.3. The Labute approximate surface area is 80.6 Å². The molecule has 2 fully saturated rings. The molecule has 0 saturated carbocycles. The fourth-order valence-electron chi connectivity index (χ4n) is 2.00. The van der Waals surface area contributed by atoms with Gasteiger partial charge >= 0.3 is 0 Å². The molecule has 1 atom stereocenters. The van der Waals surface area contributed by atoms with Gasteiger partial charge in [-0.15, -0.1) is 0 Å². The molecule has 6 heteroatoms. The third kappa shape index (κ3) is 1.23. The fraction of sp³-hybridized carbons (Fsp3) is 0.625. The van der Waals surface area contributed by atoms with Gasteiger partial charge < -0.3 is 15.5 Å². The average molecular weight is 197 g/mol. The third-order valence-corrected chi connectivity index (χ3v) is 2.61. The first-order chi connectivity index (χ1) is 6.59. The van der Waals surface area contributed by atoms with Crippen molar-refractivity contribution in [2.75, 3.05) is 13.1 Å². The van der Waals surface area contributed by atoms with E-state index in [0.717, 1.165) is 0 Å². The van der Waals surface area contributed by atoms with Crippen molar-refractivity contribution in [1.82, 2.24) is 9.80 Å². The molecule has 0 aliphatic carbocycles. The summed E-state index contributed by atoms with van der Waals surface area (Å²) in [4.78, 5) is 36.2. The summed E-state index contributed by atoms with van der Waals surface area (Å²) < 4.78 is 0. The van der Waals surface area contributed by atoms with E-state index in [9.17, 15) is 14.4 Å². The molecule has 0 radical (unpaired) electrons. The summed E-state index contributed by atoms with van der Waals surface area (Å²) in [6, 6.07) is 0. The van der Waals surface area contributed by atoms with Crippen LogP contribution in [0.25, 0.3) is 0 Å². The Morgan fingerprint density at radius 2 is 2.14 bits per heavy atom. The molecule has 0 unspecified atom stereocenters. The summed E-state index contributed by atoms with van der Waals surface area (Å²) in [5, 5.41) is 0. The van der Waals surface area contributed by atoms with Crippen LogP contribution in [0.3, 0.4) is 0 Å². The Kier molecular flexibility index (Phi) is 1.90. The molecule has 2 aliphatic heterocycles. The van der Waals surface area contributed by atoms with Crippen molar-refractivity contribution < 1.29 is 14.4 Å². The molecule has 2 heterocycles. The summed E-state index contributed by atoms with van der Waals surface area (Å²) >= 11 is 0. The summed E-state index contributed by atoms with van der Waals surface area (Å²) in [5.74, 6) is -0.753. The van der Waals surface area contributed by atoms with E-state index in [1.54, 1.807) is 0 Å². The molecule has 0 bridgehead atoms. The van der Waals surface area contributed by atoms with Crippen LogP contribution in [0.1, 0.15) is 12.8 Å². The van der Waals surface area contributed by atoms with Crippen LogP contribution < -0.4 is 5.73 Å². The number of primary amides is 1. The van der Waals surface area contributed by atoms with E-state index >= 15 is 0 Å². The number of hydrogen-bond acceptors (Lipinski definition) is 3. The minimum atomic E-state index is -0.542. The van der Waals surface area contributed by atoms with Gasteiger partial charge in [-0.3, -0.25) is 14.4 Å². The average Bonchev–Trinajstić information content (AvgIpc) is 2.57. The number of hydrogen-bond donors (Lipinski definition) is 1. The van der Waals surface area contributed by atoms with Crippen molar-refractivity contribution in [2.24, 2.45) is 5.73 Å². The fourth-order valence-corrected chi connectivity index (χ4v) is 2.00. The van der Waals surface area contributed by atoms with Crippen molar-refractivity contribution >= 4 is 17.7 Å². The van der Waals surface area contributed by atoms with Gasteiger partial charge in [-0.25, -0.2) is 0 Å². The van der Waals surface area contributed by atoms with Gasteiger partial charge in [-0.2, -0.15) is 0 Å². The van der Waals surface area contributed by atoms with Crippen molar-refractivity contribution in [3.8, 4) is 0 Å². The number of carbonyl (C=O) groups is 3. The quantitative estimate of drug-likeness (QED) is 0.570. The van der Waals surface area contributed by atoms with Crippen LogP contribution in [0.4, 0.5) is 0 Å². The van der Waals surface area contributed by atoms with E-state index in [1.165, 1.54) is 9.80 Å². The summed E-state index contributed by atoms with van der Waals surface area (Å²) in [7, 11) is 0. The first-order valence-corrected chi connectivity index (χ1v) is 4.47. The maximum absolute atomic E-state index is 11.4. The molecular weight excluding hydrogens is 186 g/mol. The number of fused-ring (bicyclic) bond motifs is 1. The summed E-state index contributed by atoms with van der Waals surface area (Å²) in [5.41, 5.74) is 5.02. The Bertz CT molecular complexity index is 315. The van der Waals surface area contributed by atoms with Gasteiger partial charge in [0, 0.05) is 6.42 Å². The molecule has 0 spiro atoms. The molecule has 0 aromatic rings. The van der Waals surface area contributed by atoms with E-state index in [2.05, 4.69) is 0 Å². The molecule has 0 aromatic heterocycles. The first kappa shape index (κ1) is 8.98. The molecule has 3 amide bonds. The highest BCUT2D eigenvalue weighted by Gasteiger charge is 2.44. The highest BCUT2D eigenvalue weighted by atomic mass is 16.2. The molecule has 76 valence electrons. The Morgan fingerprint density at radius 3 is 2.79 bits per heavy atom. The van der Waals surface area contributed by atoms with Gasteiger partial charge in [-0.1, -0.05) is 0 Å². The molecular formula is C8H11N3O3. The summed E-state index contributed by atoms with van der Waals surface area (Å²) in [6.45, 7) is 0.00403. The van der Waals surface area contributed by atoms with Gasteiger partial charge in [-0.05, 0) is 6.42 Å². The molecule has 14 heavy (non-hydrogen) atoms. The largest absolute Gasteiger partial charge is 0.368 e. The van der Waals surface area contributed by atoms with Crippen LogP contribution in [0.15, 0.2) is 0 Å². The SMILES string of the molecule is NC(=O)CN1C(=O)CN2C(=O)CC[C@@H]12. The highest BCUT2D eigenvalue weighted by Crippen LogP contribution is 2.26. The molecule has 0 aromatic carbocycles. The van der Waals surface area contributed by atoms with Gasteiger partial charge in [0.05, 0.1) is 0 Å². The van der Waals surface area contributed by atoms with Crippen molar-refractivity contribution in [3.05, 3.63) is 0 Å². The molecule has 2 aliphatic rings. The maximum Gasteiger partial charge on any atom is 0.244 e. The number of nitrogens with zero attached hydrogens (tertiary/aromatic N) is 2. The zero-order valence-electron chi connectivity index (χ0n) is 7.60. The Morgan fingerprint density at radius 1 is 1.43 bits per heavy atom. The maximum atomic E-state index is 11.4. The van der Waals surface area contributed by atoms with Gasteiger partial charge in [0.1, 0.15) is 19.3 Å². The molecule has 2 N–H and O–H groups in total. The monoisotopic (exact) mass is 197 g/mol. The van der Waals surface area contributed by atoms with E-state index in [-0.39, 0.29) is 31.1 Å². The second-order valence-electron chi connectivity index (χ2n) is 3.53. The van der Waals surface area contributed by atoms with Crippen molar-refractivity contribution in [1.29, 1.82) is 0 Å². The predicted octanol–water partition coefficient (Wildman–Crippen LogP) is -1.74. The first-order valence-electron chi connectivity index (χ1n) is 4.47. The van der Waals surface area contributed by atoms with Crippen LogP contribution in [0.5, 0.6) is 0 Å². The predicted molar refractivity (Wildman–Crippen MR) is 45.6 cm³/mol.